The SMILES string of the molecule is CCNC(Cc1ccc(Br)cc1F)c1ccc(Br)c(C)c1. The largest absolute Gasteiger partial charge is 0.310 e. The minimum Gasteiger partial charge on any atom is -0.310 e. The number of nitrogens with one attached hydrogen (secondary N) is 1. The second kappa shape index (κ2) is 7.52. The topological polar surface area (TPSA) is 12.0 Å². The molecule has 0 amide bonds. The molecule has 2 rings (SSSR count). The summed E-state index contributed by atoms with van der Waals surface area (Å²) in [6, 6.07) is 11.6. The van der Waals surface area contributed by atoms with E-state index in [4.69, 9.17) is 0 Å². The summed E-state index contributed by atoms with van der Waals surface area (Å²) >= 11 is 6.81. The summed E-state index contributed by atoms with van der Waals surface area (Å²) in [5.41, 5.74) is 3.09. The Morgan fingerprint density at radius 2 is 1.90 bits per heavy atom. The van der Waals surface area contributed by atoms with Gasteiger partial charge in [0.05, 0.1) is 0 Å². The average molecular weight is 415 g/mol. The number of halogens is 3. The first-order valence-electron chi connectivity index (χ1n) is 6.94. The lowest BCUT2D eigenvalue weighted by Gasteiger charge is -2.20. The Bertz CT molecular complexity index is 628. The summed E-state index contributed by atoms with van der Waals surface area (Å²) in [5.74, 6) is -0.166. The molecule has 0 radical (unpaired) electrons. The van der Waals surface area contributed by atoms with Gasteiger partial charge in [0, 0.05) is 15.0 Å². The van der Waals surface area contributed by atoms with Crippen LogP contribution in [0.25, 0.3) is 0 Å². The number of hydrogen-bond donors (Lipinski definition) is 1. The number of likely N-dealkylation sites (N-methyl/N-ethyl adjacent to an activating group) is 1. The van der Waals surface area contributed by atoms with Crippen molar-refractivity contribution in [2.75, 3.05) is 6.54 Å². The highest BCUT2D eigenvalue weighted by Crippen LogP contribution is 2.25. The maximum absolute atomic E-state index is 14.0. The van der Waals surface area contributed by atoms with Crippen LogP contribution in [0.4, 0.5) is 4.39 Å². The van der Waals surface area contributed by atoms with Crippen LogP contribution in [0.2, 0.25) is 0 Å². The second-order valence-corrected chi connectivity index (χ2v) is 6.83. The van der Waals surface area contributed by atoms with Crippen molar-refractivity contribution in [2.24, 2.45) is 0 Å². The Morgan fingerprint density at radius 3 is 2.52 bits per heavy atom. The Hall–Kier alpha value is -0.710. The minimum absolute atomic E-state index is 0.109. The van der Waals surface area contributed by atoms with Crippen LogP contribution < -0.4 is 5.32 Å². The van der Waals surface area contributed by atoms with Gasteiger partial charge < -0.3 is 5.32 Å². The van der Waals surface area contributed by atoms with Crippen molar-refractivity contribution < 1.29 is 4.39 Å². The number of benzene rings is 2. The molecule has 0 spiro atoms. The van der Waals surface area contributed by atoms with Gasteiger partial charge in [-0.05, 0) is 54.8 Å². The van der Waals surface area contributed by atoms with E-state index in [2.05, 4.69) is 63.2 Å². The Balaban J connectivity index is 2.28. The van der Waals surface area contributed by atoms with Gasteiger partial charge in [0.25, 0.3) is 0 Å². The fourth-order valence-corrected chi connectivity index (χ4v) is 2.93. The summed E-state index contributed by atoms with van der Waals surface area (Å²) in [6.07, 6.45) is 0.633. The molecule has 1 unspecified atom stereocenters. The zero-order valence-electron chi connectivity index (χ0n) is 12.1. The van der Waals surface area contributed by atoms with Crippen LogP contribution in [0.15, 0.2) is 45.3 Å². The van der Waals surface area contributed by atoms with Gasteiger partial charge in [0.2, 0.25) is 0 Å². The Kier molecular flexibility index (Phi) is 5.97. The van der Waals surface area contributed by atoms with E-state index in [1.807, 2.05) is 18.2 Å². The molecule has 0 aliphatic heterocycles. The third-order valence-corrected chi connectivity index (χ3v) is 4.86. The highest BCUT2D eigenvalue weighted by molar-refractivity contribution is 9.10. The second-order valence-electron chi connectivity index (χ2n) is 5.06. The van der Waals surface area contributed by atoms with Crippen molar-refractivity contribution in [3.05, 3.63) is 67.9 Å². The Labute approximate surface area is 142 Å². The molecule has 112 valence electrons. The van der Waals surface area contributed by atoms with Gasteiger partial charge in [-0.25, -0.2) is 4.39 Å². The standard InChI is InChI=1S/C17H18Br2FN/c1-3-21-17(13-5-7-15(19)11(2)8-13)9-12-4-6-14(18)10-16(12)20/h4-8,10,17,21H,3,9H2,1-2H3. The molecule has 2 aromatic rings. The predicted octanol–water partition coefficient (Wildman–Crippen LogP) is 5.55. The quantitative estimate of drug-likeness (QED) is 0.675. The first-order chi connectivity index (χ1) is 10.0. The molecular formula is C17H18Br2FN. The van der Waals surface area contributed by atoms with E-state index in [0.29, 0.717) is 6.42 Å². The fraction of sp³-hybridized carbons (Fsp3) is 0.294. The highest BCUT2D eigenvalue weighted by atomic mass is 79.9. The molecule has 1 nitrogen and oxygen atoms in total. The molecule has 0 saturated heterocycles. The molecular weight excluding hydrogens is 397 g/mol. The van der Waals surface area contributed by atoms with Crippen LogP contribution in [0.1, 0.15) is 29.7 Å². The van der Waals surface area contributed by atoms with Gasteiger partial charge in [-0.2, -0.15) is 0 Å². The smallest absolute Gasteiger partial charge is 0.127 e. The van der Waals surface area contributed by atoms with Crippen molar-refractivity contribution in [2.45, 2.75) is 26.3 Å². The summed E-state index contributed by atoms with van der Waals surface area (Å²) in [5, 5.41) is 3.44. The lowest BCUT2D eigenvalue weighted by molar-refractivity contribution is 0.527. The highest BCUT2D eigenvalue weighted by Gasteiger charge is 2.14. The van der Waals surface area contributed by atoms with E-state index in [-0.39, 0.29) is 11.9 Å². The first kappa shape index (κ1) is 16.7. The molecule has 1 atom stereocenters. The number of rotatable bonds is 5. The molecule has 0 bridgehead atoms. The van der Waals surface area contributed by atoms with Gasteiger partial charge >= 0.3 is 0 Å². The molecule has 21 heavy (non-hydrogen) atoms. The molecule has 0 aliphatic carbocycles. The van der Waals surface area contributed by atoms with E-state index in [0.717, 1.165) is 21.1 Å². The van der Waals surface area contributed by atoms with Crippen molar-refractivity contribution in [3.63, 3.8) is 0 Å². The third-order valence-electron chi connectivity index (χ3n) is 3.47. The minimum atomic E-state index is -0.166. The van der Waals surface area contributed by atoms with Crippen LogP contribution >= 0.6 is 31.9 Å². The maximum Gasteiger partial charge on any atom is 0.127 e. The zero-order chi connectivity index (χ0) is 15.4. The van der Waals surface area contributed by atoms with Crippen LogP contribution in [-0.4, -0.2) is 6.54 Å². The van der Waals surface area contributed by atoms with Crippen LogP contribution in [0.5, 0.6) is 0 Å². The zero-order valence-corrected chi connectivity index (χ0v) is 15.3. The lowest BCUT2D eigenvalue weighted by Crippen LogP contribution is -2.23. The van der Waals surface area contributed by atoms with Gasteiger partial charge in [0.1, 0.15) is 5.82 Å². The number of hydrogen-bond acceptors (Lipinski definition) is 1. The third kappa shape index (κ3) is 4.38. The lowest BCUT2D eigenvalue weighted by atomic mass is 9.97. The van der Waals surface area contributed by atoms with E-state index in [1.54, 1.807) is 0 Å². The van der Waals surface area contributed by atoms with Crippen LogP contribution in [0.3, 0.4) is 0 Å². The predicted molar refractivity (Wildman–Crippen MR) is 93.1 cm³/mol. The molecule has 0 saturated carbocycles. The summed E-state index contributed by atoms with van der Waals surface area (Å²) in [4.78, 5) is 0. The summed E-state index contributed by atoms with van der Waals surface area (Å²) < 4.78 is 15.9. The molecule has 1 N–H and O–H groups in total. The van der Waals surface area contributed by atoms with E-state index >= 15 is 0 Å². The van der Waals surface area contributed by atoms with Gasteiger partial charge in [-0.3, -0.25) is 0 Å². The van der Waals surface area contributed by atoms with Crippen LogP contribution in [-0.2, 0) is 6.42 Å². The fourth-order valence-electron chi connectivity index (χ4n) is 2.35. The van der Waals surface area contributed by atoms with E-state index in [1.165, 1.54) is 17.2 Å². The molecule has 0 fully saturated rings. The van der Waals surface area contributed by atoms with Gasteiger partial charge in [0.15, 0.2) is 0 Å². The summed E-state index contributed by atoms with van der Waals surface area (Å²) in [7, 11) is 0. The monoisotopic (exact) mass is 413 g/mol. The first-order valence-corrected chi connectivity index (χ1v) is 8.53. The van der Waals surface area contributed by atoms with Crippen molar-refractivity contribution in [1.29, 1.82) is 0 Å². The van der Waals surface area contributed by atoms with E-state index in [9.17, 15) is 4.39 Å². The molecule has 0 aliphatic rings. The normalized spacial score (nSPS) is 12.4. The van der Waals surface area contributed by atoms with Crippen LogP contribution in [0, 0.1) is 12.7 Å². The van der Waals surface area contributed by atoms with E-state index < -0.39 is 0 Å². The maximum atomic E-state index is 14.0. The average Bonchev–Trinajstić information content (AvgIpc) is 2.44. The van der Waals surface area contributed by atoms with Gasteiger partial charge in [-0.15, -0.1) is 0 Å². The molecule has 4 heteroatoms. The summed E-state index contributed by atoms with van der Waals surface area (Å²) in [6.45, 7) is 4.98. The van der Waals surface area contributed by atoms with Crippen molar-refractivity contribution in [3.8, 4) is 0 Å². The Morgan fingerprint density at radius 1 is 1.14 bits per heavy atom. The van der Waals surface area contributed by atoms with Gasteiger partial charge in [-0.1, -0.05) is 57.0 Å². The number of aryl methyl sites for hydroxylation is 1. The molecule has 0 aromatic heterocycles. The molecule has 0 heterocycles. The van der Waals surface area contributed by atoms with Crippen molar-refractivity contribution in [1.82, 2.24) is 5.32 Å². The van der Waals surface area contributed by atoms with Crippen molar-refractivity contribution >= 4 is 31.9 Å². The molecule has 2 aromatic carbocycles.